The van der Waals surface area contributed by atoms with Crippen molar-refractivity contribution >= 4 is 58.3 Å². The molecule has 3 amide bonds. The van der Waals surface area contributed by atoms with Gasteiger partial charge in [-0.1, -0.05) is 83.9 Å². The van der Waals surface area contributed by atoms with Gasteiger partial charge in [-0.3, -0.25) is 14.4 Å². The Kier molecular flexibility index (Phi) is 10.1. The molecule has 4 N–H and O–H groups in total. The summed E-state index contributed by atoms with van der Waals surface area (Å²) < 4.78 is 10.8. The molecule has 3 atom stereocenters. The predicted molar refractivity (Wildman–Crippen MR) is 167 cm³/mol. The summed E-state index contributed by atoms with van der Waals surface area (Å²) in [5, 5.41) is 17.9. The predicted octanol–water partition coefficient (Wildman–Crippen LogP) is 4.80. The SMILES string of the molecule is O=C(Nc1ccc(CC(NC(=O)[C@@H]2OCO[C@H]2C(=O)Nc2ccccc2-c2ccccc2)C(=O)O)cc1)c1cc(Cl)nc(Cl)c1. The lowest BCUT2D eigenvalue weighted by Crippen LogP contribution is -2.51. The second-order valence-electron chi connectivity index (χ2n) is 9.95. The van der Waals surface area contributed by atoms with Crippen molar-refractivity contribution in [2.75, 3.05) is 17.4 Å². The van der Waals surface area contributed by atoms with E-state index in [0.29, 0.717) is 16.9 Å². The summed E-state index contributed by atoms with van der Waals surface area (Å²) in [6.45, 7) is -0.320. The monoisotopic (exact) mass is 648 g/mol. The molecule has 3 aromatic carbocycles. The van der Waals surface area contributed by atoms with Crippen LogP contribution in [0.15, 0.2) is 91.0 Å². The molecule has 1 unspecified atom stereocenters. The molecular formula is C32H26Cl2N4O7. The van der Waals surface area contributed by atoms with Crippen LogP contribution >= 0.6 is 23.2 Å². The molecule has 0 bridgehead atoms. The van der Waals surface area contributed by atoms with E-state index in [-0.39, 0.29) is 29.1 Å². The van der Waals surface area contributed by atoms with Gasteiger partial charge in [0.15, 0.2) is 12.2 Å². The number of amides is 3. The van der Waals surface area contributed by atoms with E-state index in [4.69, 9.17) is 32.7 Å². The van der Waals surface area contributed by atoms with Gasteiger partial charge in [0.25, 0.3) is 17.7 Å². The fourth-order valence-electron chi connectivity index (χ4n) is 4.67. The molecule has 5 rings (SSSR count). The van der Waals surface area contributed by atoms with Crippen molar-refractivity contribution in [3.8, 4) is 11.1 Å². The zero-order valence-electron chi connectivity index (χ0n) is 23.4. The van der Waals surface area contributed by atoms with E-state index in [1.54, 1.807) is 36.4 Å². The van der Waals surface area contributed by atoms with Crippen LogP contribution in [0, 0.1) is 0 Å². The molecule has 1 aromatic heterocycles. The van der Waals surface area contributed by atoms with Gasteiger partial charge < -0.3 is 30.5 Å². The Morgan fingerprint density at radius 2 is 1.44 bits per heavy atom. The minimum absolute atomic E-state index is 0.0691. The first-order valence-corrected chi connectivity index (χ1v) is 14.4. The van der Waals surface area contributed by atoms with Gasteiger partial charge in [-0.05, 0) is 41.5 Å². The third-order valence-electron chi connectivity index (χ3n) is 6.85. The second kappa shape index (κ2) is 14.3. The van der Waals surface area contributed by atoms with Gasteiger partial charge >= 0.3 is 5.97 Å². The molecule has 13 heteroatoms. The second-order valence-corrected chi connectivity index (χ2v) is 10.7. The number of aromatic nitrogens is 1. The number of pyridine rings is 1. The number of anilines is 2. The summed E-state index contributed by atoms with van der Waals surface area (Å²) in [7, 11) is 0. The van der Waals surface area contributed by atoms with Crippen molar-refractivity contribution in [2.45, 2.75) is 24.7 Å². The smallest absolute Gasteiger partial charge is 0.326 e. The first kappa shape index (κ1) is 31.6. The lowest BCUT2D eigenvalue weighted by atomic mass is 10.0. The normalized spacial score (nSPS) is 16.4. The third kappa shape index (κ3) is 8.02. The number of rotatable bonds is 10. The number of aliphatic carboxylic acids is 1. The van der Waals surface area contributed by atoms with E-state index in [1.807, 2.05) is 42.5 Å². The first-order chi connectivity index (χ1) is 21.7. The summed E-state index contributed by atoms with van der Waals surface area (Å²) in [6, 6.07) is 24.4. The van der Waals surface area contributed by atoms with E-state index >= 15 is 0 Å². The van der Waals surface area contributed by atoms with Gasteiger partial charge in [-0.15, -0.1) is 0 Å². The van der Waals surface area contributed by atoms with E-state index in [2.05, 4.69) is 20.9 Å². The maximum atomic E-state index is 13.2. The number of hydrogen-bond donors (Lipinski definition) is 4. The Morgan fingerprint density at radius 1 is 0.822 bits per heavy atom. The third-order valence-corrected chi connectivity index (χ3v) is 7.24. The summed E-state index contributed by atoms with van der Waals surface area (Å²) in [6.07, 6.45) is -2.76. The number of hydrogen-bond acceptors (Lipinski definition) is 7. The van der Waals surface area contributed by atoms with E-state index in [1.165, 1.54) is 12.1 Å². The molecule has 230 valence electrons. The number of nitrogens with zero attached hydrogens (tertiary/aromatic N) is 1. The van der Waals surface area contributed by atoms with Gasteiger partial charge in [-0.2, -0.15) is 0 Å². The van der Waals surface area contributed by atoms with Gasteiger partial charge in [0, 0.05) is 28.9 Å². The highest BCUT2D eigenvalue weighted by atomic mass is 35.5. The van der Waals surface area contributed by atoms with Crippen molar-refractivity contribution < 1.29 is 33.8 Å². The van der Waals surface area contributed by atoms with Gasteiger partial charge in [-0.25, -0.2) is 9.78 Å². The number of nitrogens with one attached hydrogen (secondary N) is 3. The average molecular weight is 649 g/mol. The Morgan fingerprint density at radius 3 is 2.11 bits per heavy atom. The fraction of sp³-hybridized carbons (Fsp3) is 0.156. The number of carboxylic acids is 1. The Hall–Kier alpha value is -4.81. The van der Waals surface area contributed by atoms with Crippen LogP contribution in [0.25, 0.3) is 11.1 Å². The number of carboxylic acid groups (broad SMARTS) is 1. The zero-order chi connectivity index (χ0) is 31.9. The molecule has 0 spiro atoms. The van der Waals surface area contributed by atoms with Crippen LogP contribution in [0.5, 0.6) is 0 Å². The van der Waals surface area contributed by atoms with Crippen molar-refractivity contribution in [1.29, 1.82) is 0 Å². The van der Waals surface area contributed by atoms with E-state index < -0.39 is 41.9 Å². The van der Waals surface area contributed by atoms with Gasteiger partial charge in [0.2, 0.25) is 0 Å². The highest BCUT2D eigenvalue weighted by molar-refractivity contribution is 6.33. The van der Waals surface area contributed by atoms with Crippen molar-refractivity contribution in [1.82, 2.24) is 10.3 Å². The maximum absolute atomic E-state index is 13.2. The van der Waals surface area contributed by atoms with Crippen LogP contribution in [0.4, 0.5) is 11.4 Å². The minimum atomic E-state index is -1.37. The molecule has 11 nitrogen and oxygen atoms in total. The Balaban J connectivity index is 1.21. The summed E-state index contributed by atoms with van der Waals surface area (Å²) in [4.78, 5) is 54.7. The topological polar surface area (TPSA) is 156 Å². The lowest BCUT2D eigenvalue weighted by molar-refractivity contribution is -0.144. The molecule has 4 aromatic rings. The number of carbonyl (C=O) groups excluding carboxylic acids is 3. The standard InChI is InChI=1S/C32H26Cl2N4O7/c33-25-15-20(16-26(34)38-25)29(39)35-21-12-10-18(11-13-21)14-24(32(42)43)37-31(41)28-27(44-17-45-28)30(40)36-23-9-5-4-8-22(23)19-6-2-1-3-7-19/h1-13,15-16,24,27-28H,14,17H2,(H,35,39)(H,36,40)(H,37,41)(H,42,43)/t24?,27-,28-/m1/s1. The number of carbonyl (C=O) groups is 4. The van der Waals surface area contributed by atoms with E-state index in [9.17, 15) is 24.3 Å². The molecule has 0 aliphatic carbocycles. The average Bonchev–Trinajstić information content (AvgIpc) is 3.52. The van der Waals surface area contributed by atoms with Crippen molar-refractivity contribution in [3.63, 3.8) is 0 Å². The number of ether oxygens (including phenoxy) is 2. The zero-order valence-corrected chi connectivity index (χ0v) is 24.9. The summed E-state index contributed by atoms with van der Waals surface area (Å²) >= 11 is 11.7. The highest BCUT2D eigenvalue weighted by Gasteiger charge is 2.42. The summed E-state index contributed by atoms with van der Waals surface area (Å²) in [5.74, 6) is -3.18. The van der Waals surface area contributed by atoms with Crippen LogP contribution in [-0.2, 0) is 30.3 Å². The molecule has 2 heterocycles. The molecule has 1 fully saturated rings. The summed E-state index contributed by atoms with van der Waals surface area (Å²) in [5.41, 5.74) is 3.38. The number of para-hydroxylation sites is 1. The minimum Gasteiger partial charge on any atom is -0.480 e. The van der Waals surface area contributed by atoms with Crippen LogP contribution in [-0.4, -0.2) is 58.8 Å². The highest BCUT2D eigenvalue weighted by Crippen LogP contribution is 2.28. The van der Waals surface area contributed by atoms with E-state index in [0.717, 1.165) is 11.1 Å². The molecule has 0 saturated carbocycles. The number of halogens is 2. The molecular weight excluding hydrogens is 623 g/mol. The fourth-order valence-corrected chi connectivity index (χ4v) is 5.13. The largest absolute Gasteiger partial charge is 0.480 e. The molecule has 45 heavy (non-hydrogen) atoms. The van der Waals surface area contributed by atoms with Crippen molar-refractivity contribution in [2.24, 2.45) is 0 Å². The van der Waals surface area contributed by atoms with Gasteiger partial charge in [0.1, 0.15) is 23.1 Å². The van der Waals surface area contributed by atoms with Crippen LogP contribution in [0.3, 0.4) is 0 Å². The first-order valence-electron chi connectivity index (χ1n) is 13.6. The molecule has 1 aliphatic rings. The lowest BCUT2D eigenvalue weighted by Gasteiger charge is -2.20. The quantitative estimate of drug-likeness (QED) is 0.179. The van der Waals surface area contributed by atoms with Crippen LogP contribution in [0.1, 0.15) is 15.9 Å². The Bertz CT molecular complexity index is 1700. The Labute approximate surface area is 267 Å². The van der Waals surface area contributed by atoms with Gasteiger partial charge in [0.05, 0.1) is 0 Å². The van der Waals surface area contributed by atoms with Crippen LogP contribution in [0.2, 0.25) is 10.3 Å². The van der Waals surface area contributed by atoms with Crippen LogP contribution < -0.4 is 16.0 Å². The molecule has 1 aliphatic heterocycles. The molecule has 0 radical (unpaired) electrons. The molecule has 1 saturated heterocycles. The number of benzene rings is 3. The maximum Gasteiger partial charge on any atom is 0.326 e. The van der Waals surface area contributed by atoms with Crippen molar-refractivity contribution in [3.05, 3.63) is 112 Å².